The molecule has 0 saturated heterocycles. The Balaban J connectivity index is 2.28. The van der Waals surface area contributed by atoms with Crippen molar-refractivity contribution in [3.05, 3.63) is 0 Å². The zero-order chi connectivity index (χ0) is 10.6. The Bertz CT molecular complexity index is 224. The van der Waals surface area contributed by atoms with E-state index in [0.29, 0.717) is 25.9 Å². The minimum absolute atomic E-state index is 0.204. The summed E-state index contributed by atoms with van der Waals surface area (Å²) < 4.78 is 4.81. The number of carbonyl (C=O) groups is 2. The average molecular weight is 200 g/mol. The molecule has 0 radical (unpaired) electrons. The Labute approximate surface area is 83.2 Å². The summed E-state index contributed by atoms with van der Waals surface area (Å²) in [5.74, 6) is -0.996. The van der Waals surface area contributed by atoms with Crippen LogP contribution >= 0.6 is 0 Å². The molecule has 1 rings (SSSR count). The van der Waals surface area contributed by atoms with Crippen LogP contribution in [-0.4, -0.2) is 23.7 Å². The quantitative estimate of drug-likeness (QED) is 0.697. The smallest absolute Gasteiger partial charge is 0.306 e. The second-order valence-corrected chi connectivity index (χ2v) is 3.72. The third-order valence-corrected chi connectivity index (χ3v) is 2.65. The number of esters is 1. The lowest BCUT2D eigenvalue weighted by Crippen LogP contribution is -2.12. The lowest BCUT2D eigenvalue weighted by molar-refractivity contribution is -0.145. The van der Waals surface area contributed by atoms with Crippen molar-refractivity contribution >= 4 is 11.9 Å². The van der Waals surface area contributed by atoms with E-state index in [9.17, 15) is 9.59 Å². The molecule has 0 heterocycles. The number of carbonyl (C=O) groups excluding carboxylic acids is 1. The Hall–Kier alpha value is -1.06. The van der Waals surface area contributed by atoms with Gasteiger partial charge in [-0.3, -0.25) is 9.59 Å². The van der Waals surface area contributed by atoms with Gasteiger partial charge in [-0.2, -0.15) is 0 Å². The maximum Gasteiger partial charge on any atom is 0.306 e. The van der Waals surface area contributed by atoms with Gasteiger partial charge in [0, 0.05) is 6.42 Å². The van der Waals surface area contributed by atoms with Gasteiger partial charge in [0.1, 0.15) is 0 Å². The minimum atomic E-state index is -0.739. The molecule has 2 unspecified atom stereocenters. The van der Waals surface area contributed by atoms with E-state index < -0.39 is 5.97 Å². The van der Waals surface area contributed by atoms with Crippen LogP contribution in [0.15, 0.2) is 0 Å². The van der Waals surface area contributed by atoms with Gasteiger partial charge >= 0.3 is 11.9 Å². The van der Waals surface area contributed by atoms with E-state index >= 15 is 0 Å². The molecule has 0 spiro atoms. The lowest BCUT2D eigenvalue weighted by atomic mass is 10.0. The van der Waals surface area contributed by atoms with Crippen molar-refractivity contribution in [3.63, 3.8) is 0 Å². The van der Waals surface area contributed by atoms with Gasteiger partial charge in [-0.1, -0.05) is 0 Å². The van der Waals surface area contributed by atoms with Crippen LogP contribution in [-0.2, 0) is 14.3 Å². The monoisotopic (exact) mass is 200 g/mol. The molecule has 1 saturated carbocycles. The maximum absolute atomic E-state index is 11.1. The van der Waals surface area contributed by atoms with Crippen LogP contribution in [0.5, 0.6) is 0 Å². The minimum Gasteiger partial charge on any atom is -0.481 e. The summed E-state index contributed by atoms with van der Waals surface area (Å²) >= 11 is 0. The molecule has 0 amide bonds. The molecule has 0 aromatic carbocycles. The number of carboxylic acid groups (broad SMARTS) is 1. The number of hydrogen-bond donors (Lipinski definition) is 1. The van der Waals surface area contributed by atoms with Gasteiger partial charge < -0.3 is 9.84 Å². The highest BCUT2D eigenvalue weighted by atomic mass is 16.5. The number of carboxylic acids is 1. The molecule has 80 valence electrons. The van der Waals surface area contributed by atoms with E-state index in [4.69, 9.17) is 9.84 Å². The molecule has 0 aliphatic heterocycles. The summed E-state index contributed by atoms with van der Waals surface area (Å²) in [7, 11) is 0. The molecule has 1 fully saturated rings. The SMILES string of the molecule is CCOC(=O)CC1CCC(C(=O)O)C1. The number of hydrogen-bond acceptors (Lipinski definition) is 3. The number of aliphatic carboxylic acids is 1. The molecular weight excluding hydrogens is 184 g/mol. The number of ether oxygens (including phenoxy) is 1. The first kappa shape index (κ1) is 11.0. The zero-order valence-electron chi connectivity index (χ0n) is 8.36. The molecule has 1 aliphatic carbocycles. The molecular formula is C10H16O4. The molecule has 2 atom stereocenters. The second kappa shape index (κ2) is 4.98. The fourth-order valence-corrected chi connectivity index (χ4v) is 1.94. The molecule has 4 nitrogen and oxygen atoms in total. The predicted octanol–water partition coefficient (Wildman–Crippen LogP) is 1.44. The van der Waals surface area contributed by atoms with Crippen LogP contribution in [0.4, 0.5) is 0 Å². The third kappa shape index (κ3) is 3.01. The van der Waals surface area contributed by atoms with Crippen molar-refractivity contribution in [1.29, 1.82) is 0 Å². The predicted molar refractivity (Wildman–Crippen MR) is 49.7 cm³/mol. The lowest BCUT2D eigenvalue weighted by Gasteiger charge is -2.07. The molecule has 0 aromatic rings. The van der Waals surface area contributed by atoms with Crippen molar-refractivity contribution in [3.8, 4) is 0 Å². The van der Waals surface area contributed by atoms with E-state index in [1.807, 2.05) is 0 Å². The highest BCUT2D eigenvalue weighted by Crippen LogP contribution is 2.33. The molecule has 4 heteroatoms. The van der Waals surface area contributed by atoms with Crippen molar-refractivity contribution in [2.45, 2.75) is 32.6 Å². The van der Waals surface area contributed by atoms with Gasteiger partial charge in [-0.05, 0) is 32.1 Å². The van der Waals surface area contributed by atoms with Gasteiger partial charge in [-0.15, -0.1) is 0 Å². The first-order valence-electron chi connectivity index (χ1n) is 5.02. The first-order chi connectivity index (χ1) is 6.63. The molecule has 0 bridgehead atoms. The van der Waals surface area contributed by atoms with Gasteiger partial charge in [0.25, 0.3) is 0 Å². The van der Waals surface area contributed by atoms with E-state index in [2.05, 4.69) is 0 Å². The fraction of sp³-hybridized carbons (Fsp3) is 0.800. The van der Waals surface area contributed by atoms with Gasteiger partial charge in [-0.25, -0.2) is 0 Å². The molecule has 1 aliphatic rings. The first-order valence-corrected chi connectivity index (χ1v) is 5.02. The topological polar surface area (TPSA) is 63.6 Å². The maximum atomic E-state index is 11.1. The third-order valence-electron chi connectivity index (χ3n) is 2.65. The van der Waals surface area contributed by atoms with Crippen LogP contribution in [0.3, 0.4) is 0 Å². The Morgan fingerprint density at radius 3 is 2.64 bits per heavy atom. The molecule has 0 aromatic heterocycles. The van der Waals surface area contributed by atoms with Crippen LogP contribution in [0.25, 0.3) is 0 Å². The summed E-state index contributed by atoms with van der Waals surface area (Å²) in [6.45, 7) is 2.17. The van der Waals surface area contributed by atoms with Crippen LogP contribution in [0, 0.1) is 11.8 Å². The standard InChI is InChI=1S/C10H16O4/c1-2-14-9(11)6-7-3-4-8(5-7)10(12)13/h7-8H,2-6H2,1H3,(H,12,13). The summed E-state index contributed by atoms with van der Waals surface area (Å²) in [6, 6.07) is 0. The number of rotatable bonds is 4. The Kier molecular flexibility index (Phi) is 3.92. The van der Waals surface area contributed by atoms with Gasteiger partial charge in [0.15, 0.2) is 0 Å². The van der Waals surface area contributed by atoms with Crippen molar-refractivity contribution in [2.75, 3.05) is 6.61 Å². The average Bonchev–Trinajstić information content (AvgIpc) is 2.53. The Morgan fingerprint density at radius 1 is 1.43 bits per heavy atom. The van der Waals surface area contributed by atoms with Gasteiger partial charge in [0.2, 0.25) is 0 Å². The summed E-state index contributed by atoms with van der Waals surface area (Å²) in [5.41, 5.74) is 0. The van der Waals surface area contributed by atoms with Gasteiger partial charge in [0.05, 0.1) is 12.5 Å². The Morgan fingerprint density at radius 2 is 2.14 bits per heavy atom. The van der Waals surface area contributed by atoms with E-state index in [1.54, 1.807) is 6.92 Å². The summed E-state index contributed by atoms with van der Waals surface area (Å²) in [4.78, 5) is 21.7. The normalized spacial score (nSPS) is 26.1. The van der Waals surface area contributed by atoms with Crippen molar-refractivity contribution < 1.29 is 19.4 Å². The second-order valence-electron chi connectivity index (χ2n) is 3.72. The fourth-order valence-electron chi connectivity index (χ4n) is 1.94. The van der Waals surface area contributed by atoms with Crippen LogP contribution in [0.1, 0.15) is 32.6 Å². The van der Waals surface area contributed by atoms with Crippen LogP contribution < -0.4 is 0 Å². The highest BCUT2D eigenvalue weighted by Gasteiger charge is 2.30. The molecule has 14 heavy (non-hydrogen) atoms. The van der Waals surface area contributed by atoms with E-state index in [1.165, 1.54) is 0 Å². The molecule has 1 N–H and O–H groups in total. The summed E-state index contributed by atoms with van der Waals surface area (Å²) in [5, 5.41) is 8.75. The highest BCUT2D eigenvalue weighted by molar-refractivity contribution is 5.72. The zero-order valence-corrected chi connectivity index (χ0v) is 8.36. The summed E-state index contributed by atoms with van der Waals surface area (Å²) in [6.07, 6.45) is 2.51. The van der Waals surface area contributed by atoms with Crippen LogP contribution in [0.2, 0.25) is 0 Å². The largest absolute Gasteiger partial charge is 0.481 e. The van der Waals surface area contributed by atoms with E-state index in [-0.39, 0.29) is 17.8 Å². The van der Waals surface area contributed by atoms with Crippen molar-refractivity contribution in [2.24, 2.45) is 11.8 Å². The van der Waals surface area contributed by atoms with Crippen molar-refractivity contribution in [1.82, 2.24) is 0 Å². The van der Waals surface area contributed by atoms with E-state index in [0.717, 1.165) is 6.42 Å².